The number of methoxy groups -OCH3 is 1. The third-order valence-corrected chi connectivity index (χ3v) is 9.15. The van der Waals surface area contributed by atoms with E-state index >= 15 is 0 Å². The molecular formula is C31H36FN3O5S. The molecule has 1 aliphatic carbocycles. The highest BCUT2D eigenvalue weighted by molar-refractivity contribution is 7.92. The molecule has 218 valence electrons. The fourth-order valence-electron chi connectivity index (χ4n) is 4.92. The number of anilines is 1. The predicted molar refractivity (Wildman–Crippen MR) is 156 cm³/mol. The lowest BCUT2D eigenvalue weighted by molar-refractivity contribution is -0.139. The van der Waals surface area contributed by atoms with Gasteiger partial charge < -0.3 is 15.0 Å². The number of halogens is 1. The van der Waals surface area contributed by atoms with Crippen molar-refractivity contribution in [3.8, 4) is 5.75 Å². The number of hydrogen-bond donors (Lipinski definition) is 1. The van der Waals surface area contributed by atoms with Gasteiger partial charge in [0.1, 0.15) is 24.2 Å². The molecule has 0 unspecified atom stereocenters. The van der Waals surface area contributed by atoms with Gasteiger partial charge >= 0.3 is 0 Å². The van der Waals surface area contributed by atoms with Crippen LogP contribution in [0, 0.1) is 12.7 Å². The van der Waals surface area contributed by atoms with Crippen LogP contribution >= 0.6 is 0 Å². The first-order valence-electron chi connectivity index (χ1n) is 13.7. The Hall–Kier alpha value is -3.92. The van der Waals surface area contributed by atoms with Crippen molar-refractivity contribution in [2.45, 2.75) is 63.1 Å². The number of rotatable bonds is 11. The summed E-state index contributed by atoms with van der Waals surface area (Å²) in [6.45, 7) is 3.02. The van der Waals surface area contributed by atoms with Gasteiger partial charge in [-0.25, -0.2) is 12.8 Å². The van der Waals surface area contributed by atoms with E-state index in [0.29, 0.717) is 5.75 Å². The highest BCUT2D eigenvalue weighted by Crippen LogP contribution is 2.26. The number of sulfonamides is 1. The minimum atomic E-state index is -4.26. The number of carbonyl (C=O) groups is 2. The Morgan fingerprint density at radius 3 is 2.32 bits per heavy atom. The van der Waals surface area contributed by atoms with Crippen LogP contribution in [-0.4, -0.2) is 50.9 Å². The van der Waals surface area contributed by atoms with Gasteiger partial charge in [0.15, 0.2) is 0 Å². The van der Waals surface area contributed by atoms with Crippen LogP contribution in [0.4, 0.5) is 10.1 Å². The molecule has 0 heterocycles. The molecular weight excluding hydrogens is 545 g/mol. The van der Waals surface area contributed by atoms with Gasteiger partial charge in [0.2, 0.25) is 11.8 Å². The zero-order valence-electron chi connectivity index (χ0n) is 23.5. The standard InChI is InChI=1S/C31H36FN3O5S/c1-22-11-15-27(16-12-22)35(41(38,39)29-17-13-25(32)14-18-29)21-30(36)34(20-24-7-6-10-28(19-24)40-3)23(2)31(37)33-26-8-4-5-9-26/h6-7,10-19,23,26H,4-5,8-9,20-21H2,1-3H3,(H,33,37)/t23-/m1/s1. The third-order valence-electron chi connectivity index (χ3n) is 7.36. The van der Waals surface area contributed by atoms with Crippen LogP contribution < -0.4 is 14.4 Å². The summed E-state index contributed by atoms with van der Waals surface area (Å²) in [5, 5.41) is 3.05. The normalized spacial score (nSPS) is 14.3. The summed E-state index contributed by atoms with van der Waals surface area (Å²) in [5.74, 6) is -0.837. The molecule has 2 amide bonds. The number of carbonyl (C=O) groups excluding carboxylic acids is 2. The van der Waals surface area contributed by atoms with Crippen molar-refractivity contribution < 1.29 is 27.1 Å². The Bertz CT molecular complexity index is 1460. The maximum absolute atomic E-state index is 14.0. The molecule has 0 spiro atoms. The van der Waals surface area contributed by atoms with E-state index in [1.807, 2.05) is 13.0 Å². The zero-order valence-corrected chi connectivity index (χ0v) is 24.4. The summed E-state index contributed by atoms with van der Waals surface area (Å²) in [6, 6.07) is 17.5. The van der Waals surface area contributed by atoms with Crippen LogP contribution in [0.25, 0.3) is 0 Å². The monoisotopic (exact) mass is 581 g/mol. The Balaban J connectivity index is 1.68. The molecule has 0 saturated heterocycles. The Kier molecular flexibility index (Phi) is 9.65. The van der Waals surface area contributed by atoms with Gasteiger partial charge in [-0.1, -0.05) is 42.7 Å². The first-order valence-corrected chi connectivity index (χ1v) is 15.1. The van der Waals surface area contributed by atoms with Gasteiger partial charge in [-0.3, -0.25) is 13.9 Å². The topological polar surface area (TPSA) is 96.0 Å². The lowest BCUT2D eigenvalue weighted by atomic mass is 10.1. The summed E-state index contributed by atoms with van der Waals surface area (Å²) >= 11 is 0. The highest BCUT2D eigenvalue weighted by Gasteiger charge is 2.33. The fraction of sp³-hybridized carbons (Fsp3) is 0.355. The van der Waals surface area contributed by atoms with E-state index in [9.17, 15) is 22.4 Å². The second kappa shape index (κ2) is 13.2. The minimum absolute atomic E-state index is 0.0571. The highest BCUT2D eigenvalue weighted by atomic mass is 32.2. The van der Waals surface area contributed by atoms with Gasteiger partial charge in [-0.2, -0.15) is 0 Å². The smallest absolute Gasteiger partial charge is 0.264 e. The van der Waals surface area contributed by atoms with Crippen molar-refractivity contribution in [1.29, 1.82) is 0 Å². The number of aryl methyl sites for hydroxylation is 1. The molecule has 8 nitrogen and oxygen atoms in total. The maximum atomic E-state index is 14.0. The summed E-state index contributed by atoms with van der Waals surface area (Å²) in [7, 11) is -2.72. The zero-order chi connectivity index (χ0) is 29.6. The summed E-state index contributed by atoms with van der Waals surface area (Å²) < 4.78 is 47.5. The molecule has 3 aromatic rings. The molecule has 1 atom stereocenters. The van der Waals surface area contributed by atoms with Crippen molar-refractivity contribution in [1.82, 2.24) is 10.2 Å². The van der Waals surface area contributed by atoms with Crippen molar-refractivity contribution in [2.24, 2.45) is 0 Å². The summed E-state index contributed by atoms with van der Waals surface area (Å²) in [4.78, 5) is 28.6. The second-order valence-electron chi connectivity index (χ2n) is 10.3. The second-order valence-corrected chi connectivity index (χ2v) is 12.2. The van der Waals surface area contributed by atoms with E-state index in [0.717, 1.165) is 53.2 Å². The van der Waals surface area contributed by atoms with Gasteiger partial charge in [0.05, 0.1) is 17.7 Å². The molecule has 1 saturated carbocycles. The van der Waals surface area contributed by atoms with E-state index in [4.69, 9.17) is 4.74 Å². The molecule has 1 fully saturated rings. The Morgan fingerprint density at radius 2 is 1.68 bits per heavy atom. The largest absolute Gasteiger partial charge is 0.497 e. The number of amides is 2. The van der Waals surface area contributed by atoms with Crippen LogP contribution in [0.2, 0.25) is 0 Å². The molecule has 41 heavy (non-hydrogen) atoms. The van der Waals surface area contributed by atoms with Gasteiger partial charge in [-0.15, -0.1) is 0 Å². The van der Waals surface area contributed by atoms with E-state index in [1.165, 1.54) is 17.0 Å². The molecule has 0 aromatic heterocycles. The maximum Gasteiger partial charge on any atom is 0.264 e. The van der Waals surface area contributed by atoms with Crippen LogP contribution in [0.15, 0.2) is 77.7 Å². The average Bonchev–Trinajstić information content (AvgIpc) is 3.48. The fourth-order valence-corrected chi connectivity index (χ4v) is 6.33. The quantitative estimate of drug-likeness (QED) is 0.351. The van der Waals surface area contributed by atoms with Crippen LogP contribution in [0.5, 0.6) is 5.75 Å². The molecule has 0 radical (unpaired) electrons. The van der Waals surface area contributed by atoms with E-state index in [2.05, 4.69) is 5.32 Å². The lowest BCUT2D eigenvalue weighted by Crippen LogP contribution is -2.52. The van der Waals surface area contributed by atoms with Crippen LogP contribution in [-0.2, 0) is 26.2 Å². The summed E-state index contributed by atoms with van der Waals surface area (Å²) in [6.07, 6.45) is 3.86. The van der Waals surface area contributed by atoms with E-state index in [-0.39, 0.29) is 29.1 Å². The van der Waals surface area contributed by atoms with Gasteiger partial charge in [0, 0.05) is 12.6 Å². The summed E-state index contributed by atoms with van der Waals surface area (Å²) in [5.41, 5.74) is 1.91. The van der Waals surface area contributed by atoms with Crippen molar-refractivity contribution >= 4 is 27.5 Å². The number of nitrogens with one attached hydrogen (secondary N) is 1. The van der Waals surface area contributed by atoms with Crippen molar-refractivity contribution in [3.05, 3.63) is 89.7 Å². The van der Waals surface area contributed by atoms with Crippen LogP contribution in [0.3, 0.4) is 0 Å². The number of ether oxygens (including phenoxy) is 1. The first kappa shape index (κ1) is 30.0. The predicted octanol–water partition coefficient (Wildman–Crippen LogP) is 4.81. The molecule has 1 aliphatic rings. The van der Waals surface area contributed by atoms with Crippen molar-refractivity contribution in [2.75, 3.05) is 18.0 Å². The molecule has 1 N–H and O–H groups in total. The first-order chi connectivity index (χ1) is 19.6. The number of benzene rings is 3. The third kappa shape index (κ3) is 7.43. The Labute approximate surface area is 241 Å². The van der Waals surface area contributed by atoms with E-state index in [1.54, 1.807) is 56.5 Å². The van der Waals surface area contributed by atoms with E-state index < -0.39 is 34.3 Å². The molecule has 10 heteroatoms. The molecule has 3 aromatic carbocycles. The molecule has 4 rings (SSSR count). The molecule has 0 aliphatic heterocycles. The van der Waals surface area contributed by atoms with Gasteiger partial charge in [0.25, 0.3) is 10.0 Å². The Morgan fingerprint density at radius 1 is 1.02 bits per heavy atom. The average molecular weight is 582 g/mol. The van der Waals surface area contributed by atoms with Crippen molar-refractivity contribution in [3.63, 3.8) is 0 Å². The SMILES string of the molecule is COc1cccc(CN(C(=O)CN(c2ccc(C)cc2)S(=O)(=O)c2ccc(F)cc2)[C@H](C)C(=O)NC2CCCC2)c1. The molecule has 0 bridgehead atoms. The number of nitrogens with zero attached hydrogens (tertiary/aromatic N) is 2. The van der Waals surface area contributed by atoms with Gasteiger partial charge in [-0.05, 0) is 80.8 Å². The number of hydrogen-bond acceptors (Lipinski definition) is 5. The van der Waals surface area contributed by atoms with Crippen LogP contribution in [0.1, 0.15) is 43.7 Å². The lowest BCUT2D eigenvalue weighted by Gasteiger charge is -2.32. The minimum Gasteiger partial charge on any atom is -0.497 e.